The number of hydrogen-bond donors (Lipinski definition) is 1. The third-order valence-corrected chi connectivity index (χ3v) is 3.72. The predicted octanol–water partition coefficient (Wildman–Crippen LogP) is 1.91. The number of pyridine rings is 1. The van der Waals surface area contributed by atoms with Crippen LogP contribution in [0.25, 0.3) is 6.08 Å². The first-order valence-electron chi connectivity index (χ1n) is 6.64. The van der Waals surface area contributed by atoms with E-state index in [2.05, 4.69) is 18.8 Å². The fourth-order valence-electron chi connectivity index (χ4n) is 2.34. The van der Waals surface area contributed by atoms with Gasteiger partial charge in [-0.2, -0.15) is 0 Å². The number of hydrogen-bond acceptors (Lipinski definition) is 3. The second-order valence-electron chi connectivity index (χ2n) is 5.28. The van der Waals surface area contributed by atoms with Gasteiger partial charge in [-0.05, 0) is 24.0 Å². The van der Waals surface area contributed by atoms with Gasteiger partial charge in [0, 0.05) is 30.9 Å². The van der Waals surface area contributed by atoms with Crippen molar-refractivity contribution < 1.29 is 14.7 Å². The number of carbonyl (C=O) groups is 2. The van der Waals surface area contributed by atoms with Crippen molar-refractivity contribution in [2.24, 2.45) is 11.8 Å². The topological polar surface area (TPSA) is 70.5 Å². The largest absolute Gasteiger partial charge is 0.478 e. The van der Waals surface area contributed by atoms with Crippen molar-refractivity contribution >= 4 is 18.0 Å². The van der Waals surface area contributed by atoms with Crippen molar-refractivity contribution in [1.82, 2.24) is 9.88 Å². The number of carboxylic acids is 1. The minimum Gasteiger partial charge on any atom is -0.478 e. The molecule has 1 amide bonds. The van der Waals surface area contributed by atoms with Gasteiger partial charge in [-0.3, -0.25) is 9.78 Å². The summed E-state index contributed by atoms with van der Waals surface area (Å²) in [6.45, 7) is 5.69. The zero-order valence-corrected chi connectivity index (χ0v) is 11.6. The monoisotopic (exact) mass is 274 g/mol. The van der Waals surface area contributed by atoms with E-state index < -0.39 is 5.97 Å². The second-order valence-corrected chi connectivity index (χ2v) is 5.28. The number of carbonyl (C=O) groups excluding carboxylic acids is 1. The summed E-state index contributed by atoms with van der Waals surface area (Å²) >= 11 is 0. The van der Waals surface area contributed by atoms with E-state index >= 15 is 0 Å². The summed E-state index contributed by atoms with van der Waals surface area (Å²) < 4.78 is 0. The number of carboxylic acid groups (broad SMARTS) is 1. The molecule has 1 saturated heterocycles. The van der Waals surface area contributed by atoms with Gasteiger partial charge < -0.3 is 10.0 Å². The number of likely N-dealkylation sites (tertiary alicyclic amines) is 1. The number of nitrogens with zero attached hydrogens (tertiary/aromatic N) is 2. The van der Waals surface area contributed by atoms with Crippen LogP contribution >= 0.6 is 0 Å². The van der Waals surface area contributed by atoms with Crippen LogP contribution in [0, 0.1) is 11.8 Å². The van der Waals surface area contributed by atoms with Crippen molar-refractivity contribution in [2.45, 2.75) is 13.8 Å². The zero-order valence-electron chi connectivity index (χ0n) is 11.6. The molecule has 0 aliphatic carbocycles. The van der Waals surface area contributed by atoms with Gasteiger partial charge in [-0.1, -0.05) is 19.9 Å². The molecule has 1 aliphatic heterocycles. The second kappa shape index (κ2) is 5.86. The average molecular weight is 274 g/mol. The molecule has 106 valence electrons. The molecular formula is C15H18N2O3. The molecule has 1 aliphatic rings. The fraction of sp³-hybridized carbons (Fsp3) is 0.400. The minimum atomic E-state index is -1.05. The van der Waals surface area contributed by atoms with Crippen LogP contribution in [0.2, 0.25) is 0 Å². The highest BCUT2D eigenvalue weighted by Crippen LogP contribution is 2.24. The lowest BCUT2D eigenvalue weighted by Crippen LogP contribution is -2.30. The van der Waals surface area contributed by atoms with Gasteiger partial charge in [-0.25, -0.2) is 4.79 Å². The van der Waals surface area contributed by atoms with E-state index in [4.69, 9.17) is 5.11 Å². The van der Waals surface area contributed by atoms with E-state index in [1.807, 2.05) is 0 Å². The third kappa shape index (κ3) is 3.04. The number of aliphatic carboxylic acids is 1. The smallest absolute Gasteiger partial charge is 0.328 e. The van der Waals surface area contributed by atoms with Gasteiger partial charge >= 0.3 is 5.97 Å². The molecule has 2 rings (SSSR count). The molecule has 0 aromatic carbocycles. The Morgan fingerprint density at radius 1 is 1.35 bits per heavy atom. The molecule has 1 aromatic rings. The van der Waals surface area contributed by atoms with Crippen LogP contribution in [-0.4, -0.2) is 40.0 Å². The quantitative estimate of drug-likeness (QED) is 0.855. The summed E-state index contributed by atoms with van der Waals surface area (Å²) in [6.07, 6.45) is 3.97. The zero-order chi connectivity index (χ0) is 14.7. The summed E-state index contributed by atoms with van der Waals surface area (Å²) in [5, 5.41) is 8.68. The highest BCUT2D eigenvalue weighted by atomic mass is 16.4. The SMILES string of the molecule is CC1CN(C(=O)c2ncccc2/C=C/C(=O)O)CC1C. The van der Waals surface area contributed by atoms with E-state index in [0.29, 0.717) is 23.1 Å². The first-order chi connectivity index (χ1) is 9.49. The first-order valence-corrected chi connectivity index (χ1v) is 6.64. The Morgan fingerprint density at radius 2 is 2.00 bits per heavy atom. The Morgan fingerprint density at radius 3 is 2.60 bits per heavy atom. The Labute approximate surface area is 117 Å². The summed E-state index contributed by atoms with van der Waals surface area (Å²) in [4.78, 5) is 29.0. The minimum absolute atomic E-state index is 0.133. The van der Waals surface area contributed by atoms with Crippen LogP contribution in [0.1, 0.15) is 29.9 Å². The van der Waals surface area contributed by atoms with Gasteiger partial charge in [0.15, 0.2) is 0 Å². The molecule has 1 fully saturated rings. The van der Waals surface area contributed by atoms with E-state index in [-0.39, 0.29) is 5.91 Å². The molecule has 1 aromatic heterocycles. The van der Waals surface area contributed by atoms with Crippen LogP contribution < -0.4 is 0 Å². The predicted molar refractivity (Wildman–Crippen MR) is 75.1 cm³/mol. The van der Waals surface area contributed by atoms with E-state index in [9.17, 15) is 9.59 Å². The molecule has 20 heavy (non-hydrogen) atoms. The van der Waals surface area contributed by atoms with Gasteiger partial charge in [0.05, 0.1) is 0 Å². The number of amides is 1. The van der Waals surface area contributed by atoms with Gasteiger partial charge in [0.25, 0.3) is 5.91 Å². The maximum atomic E-state index is 12.5. The molecule has 1 N–H and O–H groups in total. The molecule has 2 unspecified atom stereocenters. The van der Waals surface area contributed by atoms with Crippen LogP contribution in [0.15, 0.2) is 24.4 Å². The van der Waals surface area contributed by atoms with E-state index in [1.54, 1.807) is 23.2 Å². The van der Waals surface area contributed by atoms with Crippen molar-refractivity contribution in [3.05, 3.63) is 35.7 Å². The number of aromatic nitrogens is 1. The highest BCUT2D eigenvalue weighted by Gasteiger charge is 2.31. The number of rotatable bonds is 3. The van der Waals surface area contributed by atoms with Crippen LogP contribution in [-0.2, 0) is 4.79 Å². The van der Waals surface area contributed by atoms with E-state index in [1.165, 1.54) is 6.08 Å². The summed E-state index contributed by atoms with van der Waals surface area (Å²) in [5.74, 6) is -0.233. The standard InChI is InChI=1S/C15H18N2O3/c1-10-8-17(9-11(10)2)15(20)14-12(4-3-7-16-14)5-6-13(18)19/h3-7,10-11H,8-9H2,1-2H3,(H,18,19)/b6-5+. The first kappa shape index (κ1) is 14.2. The van der Waals surface area contributed by atoms with Crippen LogP contribution in [0.3, 0.4) is 0 Å². The summed E-state index contributed by atoms with van der Waals surface area (Å²) in [5.41, 5.74) is 0.846. The van der Waals surface area contributed by atoms with Crippen LogP contribution in [0.4, 0.5) is 0 Å². The lowest BCUT2D eigenvalue weighted by molar-refractivity contribution is -0.131. The summed E-state index contributed by atoms with van der Waals surface area (Å²) in [7, 11) is 0. The van der Waals surface area contributed by atoms with Gasteiger partial charge in [0.2, 0.25) is 0 Å². The molecule has 0 spiro atoms. The Bertz CT molecular complexity index is 544. The summed E-state index contributed by atoms with van der Waals surface area (Å²) in [6, 6.07) is 3.39. The normalized spacial score (nSPS) is 22.4. The van der Waals surface area contributed by atoms with Gasteiger partial charge in [0.1, 0.15) is 5.69 Å². The van der Waals surface area contributed by atoms with Gasteiger partial charge in [-0.15, -0.1) is 0 Å². The molecule has 0 bridgehead atoms. The molecule has 0 radical (unpaired) electrons. The lowest BCUT2D eigenvalue weighted by Gasteiger charge is -2.16. The molecule has 5 nitrogen and oxygen atoms in total. The Balaban J connectivity index is 2.24. The molecular weight excluding hydrogens is 256 g/mol. The Kier molecular flexibility index (Phi) is 4.17. The molecule has 5 heteroatoms. The lowest BCUT2D eigenvalue weighted by atomic mass is 10.0. The Hall–Kier alpha value is -2.17. The fourth-order valence-corrected chi connectivity index (χ4v) is 2.34. The molecule has 2 heterocycles. The average Bonchev–Trinajstić information content (AvgIpc) is 2.76. The van der Waals surface area contributed by atoms with Crippen molar-refractivity contribution in [3.63, 3.8) is 0 Å². The van der Waals surface area contributed by atoms with E-state index in [0.717, 1.165) is 19.2 Å². The maximum absolute atomic E-state index is 12.5. The third-order valence-electron chi connectivity index (χ3n) is 3.72. The van der Waals surface area contributed by atoms with Crippen LogP contribution in [0.5, 0.6) is 0 Å². The van der Waals surface area contributed by atoms with Crippen molar-refractivity contribution in [2.75, 3.05) is 13.1 Å². The molecule has 2 atom stereocenters. The maximum Gasteiger partial charge on any atom is 0.328 e. The highest BCUT2D eigenvalue weighted by molar-refractivity contribution is 5.97. The molecule has 0 saturated carbocycles. The van der Waals surface area contributed by atoms with Crippen molar-refractivity contribution in [1.29, 1.82) is 0 Å². The van der Waals surface area contributed by atoms with Crippen molar-refractivity contribution in [3.8, 4) is 0 Å².